The van der Waals surface area contributed by atoms with Crippen molar-refractivity contribution in [2.45, 2.75) is 26.4 Å². The van der Waals surface area contributed by atoms with Crippen LogP contribution in [-0.4, -0.2) is 43.0 Å². The molecule has 2 rings (SSSR count). The van der Waals surface area contributed by atoms with E-state index in [1.807, 2.05) is 0 Å². The number of carbonyl (C=O) groups is 2. The Balaban J connectivity index is 1.85. The Labute approximate surface area is 161 Å². The molecule has 2 aromatic rings. The van der Waals surface area contributed by atoms with E-state index in [9.17, 15) is 9.59 Å². The van der Waals surface area contributed by atoms with Crippen LogP contribution in [0.1, 0.15) is 25.1 Å². The summed E-state index contributed by atoms with van der Waals surface area (Å²) in [5, 5.41) is 6.48. The SMILES string of the molecule is CCOC(=O)Cc1csc(NN=Cc2ccc(OC(C)C(=O)OC)cc2)n1. The first kappa shape index (κ1) is 20.4. The fourth-order valence-electron chi connectivity index (χ4n) is 2.01. The number of hydrazone groups is 1. The van der Waals surface area contributed by atoms with Crippen molar-refractivity contribution in [3.05, 3.63) is 40.9 Å². The molecule has 144 valence electrons. The topological polar surface area (TPSA) is 99.1 Å². The van der Waals surface area contributed by atoms with Crippen molar-refractivity contribution in [3.8, 4) is 5.75 Å². The van der Waals surface area contributed by atoms with Gasteiger partial charge in [-0.3, -0.25) is 10.2 Å². The summed E-state index contributed by atoms with van der Waals surface area (Å²) in [5.41, 5.74) is 4.29. The van der Waals surface area contributed by atoms with Crippen LogP contribution in [0.4, 0.5) is 5.13 Å². The number of hydrogen-bond donors (Lipinski definition) is 1. The van der Waals surface area contributed by atoms with E-state index in [2.05, 4.69) is 20.2 Å². The molecular formula is C18H21N3O5S. The van der Waals surface area contributed by atoms with Crippen LogP contribution in [-0.2, 0) is 25.5 Å². The first-order chi connectivity index (χ1) is 13.0. The van der Waals surface area contributed by atoms with Crippen molar-refractivity contribution in [2.75, 3.05) is 19.1 Å². The van der Waals surface area contributed by atoms with Crippen LogP contribution in [0.2, 0.25) is 0 Å². The third kappa shape index (κ3) is 6.70. The van der Waals surface area contributed by atoms with Gasteiger partial charge in [-0.2, -0.15) is 5.10 Å². The second-order valence-corrected chi connectivity index (χ2v) is 6.21. The number of aromatic nitrogens is 1. The summed E-state index contributed by atoms with van der Waals surface area (Å²) >= 11 is 1.35. The molecule has 9 heteroatoms. The fourth-order valence-corrected chi connectivity index (χ4v) is 2.67. The zero-order chi connectivity index (χ0) is 19.6. The molecule has 1 N–H and O–H groups in total. The number of thiazole rings is 1. The van der Waals surface area contributed by atoms with E-state index in [0.29, 0.717) is 23.2 Å². The van der Waals surface area contributed by atoms with Crippen LogP contribution in [0.25, 0.3) is 0 Å². The molecule has 1 aromatic heterocycles. The standard InChI is InChI=1S/C18H21N3O5S/c1-4-25-16(22)9-14-11-27-18(20-14)21-19-10-13-5-7-15(8-6-13)26-12(2)17(23)24-3/h5-8,10-12H,4,9H2,1-3H3,(H,20,21). The highest BCUT2D eigenvalue weighted by Crippen LogP contribution is 2.16. The van der Waals surface area contributed by atoms with Crippen LogP contribution in [0.3, 0.4) is 0 Å². The van der Waals surface area contributed by atoms with Gasteiger partial charge < -0.3 is 14.2 Å². The molecule has 0 fully saturated rings. The number of nitrogens with one attached hydrogen (secondary N) is 1. The molecule has 1 heterocycles. The summed E-state index contributed by atoms with van der Waals surface area (Å²) in [6, 6.07) is 7.08. The zero-order valence-corrected chi connectivity index (χ0v) is 16.1. The van der Waals surface area contributed by atoms with E-state index in [0.717, 1.165) is 5.56 Å². The molecule has 0 aliphatic rings. The van der Waals surface area contributed by atoms with E-state index < -0.39 is 12.1 Å². The Kier molecular flexibility index (Phi) is 7.75. The van der Waals surface area contributed by atoms with Gasteiger partial charge in [0.1, 0.15) is 5.75 Å². The number of esters is 2. The molecule has 0 saturated heterocycles. The number of carbonyl (C=O) groups excluding carboxylic acids is 2. The van der Waals surface area contributed by atoms with Gasteiger partial charge in [0.2, 0.25) is 5.13 Å². The van der Waals surface area contributed by atoms with Gasteiger partial charge in [0.15, 0.2) is 6.10 Å². The summed E-state index contributed by atoms with van der Waals surface area (Å²) < 4.78 is 15.0. The molecule has 0 bridgehead atoms. The van der Waals surface area contributed by atoms with E-state index in [-0.39, 0.29) is 12.4 Å². The summed E-state index contributed by atoms with van der Waals surface area (Å²) in [7, 11) is 1.32. The van der Waals surface area contributed by atoms with Gasteiger partial charge in [0, 0.05) is 5.38 Å². The number of nitrogens with zero attached hydrogens (tertiary/aromatic N) is 2. The molecule has 0 radical (unpaired) electrons. The quantitative estimate of drug-likeness (QED) is 0.398. The molecule has 0 spiro atoms. The molecule has 1 unspecified atom stereocenters. The van der Waals surface area contributed by atoms with Gasteiger partial charge in [-0.15, -0.1) is 11.3 Å². The number of rotatable bonds is 9. The normalized spacial score (nSPS) is 11.8. The Hall–Kier alpha value is -2.94. The number of benzene rings is 1. The average Bonchev–Trinajstić information content (AvgIpc) is 3.09. The van der Waals surface area contributed by atoms with Crippen LogP contribution in [0, 0.1) is 0 Å². The Bertz CT molecular complexity index is 789. The predicted octanol–water partition coefficient (Wildman–Crippen LogP) is 2.64. The van der Waals surface area contributed by atoms with Gasteiger partial charge in [-0.25, -0.2) is 9.78 Å². The van der Waals surface area contributed by atoms with E-state index in [1.165, 1.54) is 18.4 Å². The minimum absolute atomic E-state index is 0.140. The van der Waals surface area contributed by atoms with Crippen molar-refractivity contribution in [1.82, 2.24) is 4.98 Å². The van der Waals surface area contributed by atoms with Gasteiger partial charge in [-0.05, 0) is 43.7 Å². The van der Waals surface area contributed by atoms with E-state index >= 15 is 0 Å². The highest BCUT2D eigenvalue weighted by Gasteiger charge is 2.14. The maximum Gasteiger partial charge on any atom is 0.346 e. The summed E-state index contributed by atoms with van der Waals surface area (Å²) in [4.78, 5) is 27.0. The summed E-state index contributed by atoms with van der Waals surface area (Å²) in [6.45, 7) is 3.73. The van der Waals surface area contributed by atoms with Gasteiger partial charge >= 0.3 is 11.9 Å². The van der Waals surface area contributed by atoms with Crippen LogP contribution in [0.15, 0.2) is 34.7 Å². The lowest BCUT2D eigenvalue weighted by Gasteiger charge is -2.12. The Morgan fingerprint density at radius 2 is 2.07 bits per heavy atom. The third-order valence-corrected chi connectivity index (χ3v) is 4.08. The van der Waals surface area contributed by atoms with Crippen LogP contribution in [0.5, 0.6) is 5.75 Å². The summed E-state index contributed by atoms with van der Waals surface area (Å²) in [5.74, 6) is -0.182. The van der Waals surface area contributed by atoms with Gasteiger partial charge in [0.25, 0.3) is 0 Å². The predicted molar refractivity (Wildman–Crippen MR) is 102 cm³/mol. The van der Waals surface area contributed by atoms with Crippen molar-refractivity contribution < 1.29 is 23.8 Å². The molecular weight excluding hydrogens is 370 g/mol. The van der Waals surface area contributed by atoms with Crippen molar-refractivity contribution in [2.24, 2.45) is 5.10 Å². The molecule has 1 atom stereocenters. The average molecular weight is 391 g/mol. The monoisotopic (exact) mass is 391 g/mol. The number of anilines is 1. The highest BCUT2D eigenvalue weighted by molar-refractivity contribution is 7.13. The third-order valence-electron chi connectivity index (χ3n) is 3.28. The number of ether oxygens (including phenoxy) is 3. The smallest absolute Gasteiger partial charge is 0.346 e. The lowest BCUT2D eigenvalue weighted by atomic mass is 10.2. The van der Waals surface area contributed by atoms with Crippen LogP contribution >= 0.6 is 11.3 Å². The molecule has 0 aliphatic carbocycles. The lowest BCUT2D eigenvalue weighted by Crippen LogP contribution is -2.24. The second kappa shape index (κ2) is 10.3. The largest absolute Gasteiger partial charge is 0.479 e. The maximum absolute atomic E-state index is 11.4. The Morgan fingerprint density at radius 1 is 1.33 bits per heavy atom. The molecule has 1 aromatic carbocycles. The minimum atomic E-state index is -0.676. The van der Waals surface area contributed by atoms with E-state index in [1.54, 1.807) is 49.7 Å². The molecule has 8 nitrogen and oxygen atoms in total. The minimum Gasteiger partial charge on any atom is -0.479 e. The van der Waals surface area contributed by atoms with Crippen LogP contribution < -0.4 is 10.2 Å². The Morgan fingerprint density at radius 3 is 2.74 bits per heavy atom. The second-order valence-electron chi connectivity index (χ2n) is 5.35. The molecule has 0 amide bonds. The first-order valence-corrected chi connectivity index (χ1v) is 9.13. The van der Waals surface area contributed by atoms with Gasteiger partial charge in [-0.1, -0.05) is 0 Å². The van der Waals surface area contributed by atoms with Crippen molar-refractivity contribution in [1.29, 1.82) is 0 Å². The van der Waals surface area contributed by atoms with Crippen molar-refractivity contribution in [3.63, 3.8) is 0 Å². The number of hydrogen-bond acceptors (Lipinski definition) is 9. The highest BCUT2D eigenvalue weighted by atomic mass is 32.1. The maximum atomic E-state index is 11.4. The lowest BCUT2D eigenvalue weighted by molar-refractivity contribution is -0.148. The fraction of sp³-hybridized carbons (Fsp3) is 0.333. The zero-order valence-electron chi connectivity index (χ0n) is 15.3. The van der Waals surface area contributed by atoms with E-state index in [4.69, 9.17) is 9.47 Å². The van der Waals surface area contributed by atoms with Gasteiger partial charge in [0.05, 0.1) is 32.0 Å². The summed E-state index contributed by atoms with van der Waals surface area (Å²) in [6.07, 6.45) is 1.09. The molecule has 0 saturated carbocycles. The molecule has 27 heavy (non-hydrogen) atoms. The van der Waals surface area contributed by atoms with Crippen molar-refractivity contribution >= 4 is 34.6 Å². The molecule has 0 aliphatic heterocycles. The number of methoxy groups -OCH3 is 1. The first-order valence-electron chi connectivity index (χ1n) is 8.25.